The molecule has 0 bridgehead atoms. The Morgan fingerprint density at radius 1 is 1.03 bits per heavy atom. The van der Waals surface area contributed by atoms with Crippen molar-refractivity contribution in [3.8, 4) is 11.1 Å². The maximum Gasteiger partial charge on any atom is 0.407 e. The third kappa shape index (κ3) is 5.73. The monoisotopic (exact) mass is 482 g/mol. The molecule has 1 saturated heterocycles. The van der Waals surface area contributed by atoms with E-state index in [-0.39, 0.29) is 36.6 Å². The van der Waals surface area contributed by atoms with Gasteiger partial charge in [-0.2, -0.15) is 11.8 Å². The van der Waals surface area contributed by atoms with E-state index in [9.17, 15) is 14.4 Å². The Balaban J connectivity index is 1.18. The number of carboxylic acid groups (broad SMARTS) is 1. The molecule has 8 heteroatoms. The number of piperidine rings is 1. The van der Waals surface area contributed by atoms with E-state index in [4.69, 9.17) is 9.84 Å². The molecule has 2 aromatic rings. The Morgan fingerprint density at radius 3 is 2.38 bits per heavy atom. The normalized spacial score (nSPS) is 17.1. The van der Waals surface area contributed by atoms with Crippen LogP contribution in [-0.2, 0) is 14.3 Å². The van der Waals surface area contributed by atoms with E-state index < -0.39 is 12.1 Å². The summed E-state index contributed by atoms with van der Waals surface area (Å²) in [7, 11) is 0. The van der Waals surface area contributed by atoms with Gasteiger partial charge in [-0.1, -0.05) is 48.5 Å². The third-order valence-electron chi connectivity index (χ3n) is 6.44. The van der Waals surface area contributed by atoms with Crippen LogP contribution in [0.4, 0.5) is 4.79 Å². The van der Waals surface area contributed by atoms with E-state index >= 15 is 0 Å². The molecule has 180 valence electrons. The van der Waals surface area contributed by atoms with Crippen LogP contribution in [0.2, 0.25) is 0 Å². The second-order valence-corrected chi connectivity index (χ2v) is 9.74. The first-order valence-electron chi connectivity index (χ1n) is 11.7. The Hall–Kier alpha value is -3.00. The number of carbonyl (C=O) groups is 3. The van der Waals surface area contributed by atoms with Crippen LogP contribution < -0.4 is 5.32 Å². The number of thioether (sulfide) groups is 1. The zero-order chi connectivity index (χ0) is 23.9. The summed E-state index contributed by atoms with van der Waals surface area (Å²) in [5.41, 5.74) is 4.72. The molecule has 1 aliphatic heterocycles. The molecule has 34 heavy (non-hydrogen) atoms. The number of nitrogens with zero attached hydrogens (tertiary/aromatic N) is 1. The average Bonchev–Trinajstić information content (AvgIpc) is 3.16. The number of carboxylic acids is 1. The highest BCUT2D eigenvalue weighted by atomic mass is 32.2. The van der Waals surface area contributed by atoms with Gasteiger partial charge in [0.1, 0.15) is 6.61 Å². The number of benzene rings is 2. The lowest BCUT2D eigenvalue weighted by Gasteiger charge is -2.35. The summed E-state index contributed by atoms with van der Waals surface area (Å²) < 4.78 is 5.52. The van der Waals surface area contributed by atoms with Gasteiger partial charge in [-0.05, 0) is 41.5 Å². The molecule has 2 N–H and O–H groups in total. The number of ether oxygens (including phenoxy) is 1. The SMILES string of the molecule is O=C(O)C[C@@H]1CCCCN1C(=O)CSCCNC(=O)OCC1c2ccccc2-c2ccccc21. The Labute approximate surface area is 203 Å². The van der Waals surface area contributed by atoms with Gasteiger partial charge >= 0.3 is 12.1 Å². The molecular weight excluding hydrogens is 452 g/mol. The maximum atomic E-state index is 12.5. The molecule has 1 atom stereocenters. The van der Waals surface area contributed by atoms with Crippen molar-refractivity contribution >= 4 is 29.7 Å². The Morgan fingerprint density at radius 2 is 1.71 bits per heavy atom. The van der Waals surface area contributed by atoms with Gasteiger partial charge in [0, 0.05) is 30.8 Å². The van der Waals surface area contributed by atoms with Crippen LogP contribution in [0.5, 0.6) is 0 Å². The van der Waals surface area contributed by atoms with Gasteiger partial charge in [0.2, 0.25) is 5.91 Å². The highest BCUT2D eigenvalue weighted by Crippen LogP contribution is 2.44. The minimum Gasteiger partial charge on any atom is -0.481 e. The van der Waals surface area contributed by atoms with Crippen LogP contribution in [0.1, 0.15) is 42.7 Å². The highest BCUT2D eigenvalue weighted by molar-refractivity contribution is 7.99. The summed E-state index contributed by atoms with van der Waals surface area (Å²) in [5.74, 6) is -0.0225. The molecule has 0 aromatic heterocycles. The fraction of sp³-hybridized carbons (Fsp3) is 0.423. The van der Waals surface area contributed by atoms with Crippen LogP contribution in [0, 0.1) is 0 Å². The third-order valence-corrected chi connectivity index (χ3v) is 7.39. The molecule has 4 rings (SSSR count). The number of aliphatic carboxylic acids is 1. The molecule has 0 spiro atoms. The number of hydrogen-bond donors (Lipinski definition) is 2. The van der Waals surface area contributed by atoms with E-state index in [1.54, 1.807) is 4.90 Å². The van der Waals surface area contributed by atoms with E-state index in [2.05, 4.69) is 29.6 Å². The predicted octanol–water partition coefficient (Wildman–Crippen LogP) is 4.11. The second kappa shape index (κ2) is 11.4. The van der Waals surface area contributed by atoms with Crippen molar-refractivity contribution in [1.29, 1.82) is 0 Å². The van der Waals surface area contributed by atoms with Crippen molar-refractivity contribution in [3.63, 3.8) is 0 Å². The van der Waals surface area contributed by atoms with Gasteiger partial charge in [-0.3, -0.25) is 9.59 Å². The highest BCUT2D eigenvalue weighted by Gasteiger charge is 2.29. The van der Waals surface area contributed by atoms with Crippen molar-refractivity contribution < 1.29 is 24.2 Å². The molecule has 1 fully saturated rings. The van der Waals surface area contributed by atoms with Crippen molar-refractivity contribution in [2.45, 2.75) is 37.6 Å². The Bertz CT molecular complexity index is 998. The first-order valence-corrected chi connectivity index (χ1v) is 12.9. The Kier molecular flexibility index (Phi) is 8.11. The number of nitrogens with one attached hydrogen (secondary N) is 1. The predicted molar refractivity (Wildman–Crippen MR) is 132 cm³/mol. The van der Waals surface area contributed by atoms with E-state index in [1.807, 2.05) is 24.3 Å². The molecule has 0 radical (unpaired) electrons. The molecule has 2 aliphatic rings. The largest absolute Gasteiger partial charge is 0.481 e. The van der Waals surface area contributed by atoms with Crippen LogP contribution in [0.3, 0.4) is 0 Å². The molecule has 2 amide bonds. The van der Waals surface area contributed by atoms with Gasteiger partial charge < -0.3 is 20.1 Å². The van der Waals surface area contributed by atoms with Crippen LogP contribution >= 0.6 is 11.8 Å². The molecule has 0 saturated carbocycles. The molecule has 0 unspecified atom stereocenters. The summed E-state index contributed by atoms with van der Waals surface area (Å²) in [4.78, 5) is 37.6. The quantitative estimate of drug-likeness (QED) is 0.522. The van der Waals surface area contributed by atoms with Crippen LogP contribution in [0.15, 0.2) is 48.5 Å². The van der Waals surface area contributed by atoms with Gasteiger partial charge in [-0.25, -0.2) is 4.79 Å². The van der Waals surface area contributed by atoms with Crippen LogP contribution in [0.25, 0.3) is 11.1 Å². The van der Waals surface area contributed by atoms with Gasteiger partial charge in [0.25, 0.3) is 0 Å². The molecule has 2 aromatic carbocycles. The zero-order valence-electron chi connectivity index (χ0n) is 19.1. The molecule has 1 aliphatic carbocycles. The van der Waals surface area contributed by atoms with E-state index in [1.165, 1.54) is 34.0 Å². The smallest absolute Gasteiger partial charge is 0.407 e. The number of hydrogen-bond acceptors (Lipinski definition) is 5. The lowest BCUT2D eigenvalue weighted by molar-refractivity contribution is -0.141. The second-order valence-electron chi connectivity index (χ2n) is 8.64. The minimum atomic E-state index is -0.871. The number of fused-ring (bicyclic) bond motifs is 3. The van der Waals surface area contributed by atoms with Gasteiger partial charge in [-0.15, -0.1) is 0 Å². The fourth-order valence-corrected chi connectivity index (χ4v) is 5.59. The summed E-state index contributed by atoms with van der Waals surface area (Å²) in [5, 5.41) is 11.8. The average molecular weight is 483 g/mol. The number of amides is 2. The van der Waals surface area contributed by atoms with Crippen molar-refractivity contribution in [2.24, 2.45) is 0 Å². The standard InChI is InChI=1S/C26H30N2O5S/c29-24(28-13-6-5-7-18(28)15-25(30)31)17-34-14-12-27-26(32)33-16-23-21-10-3-1-8-19(21)20-9-2-4-11-22(20)23/h1-4,8-11,18,23H,5-7,12-17H2,(H,27,32)(H,30,31)/t18-/m0/s1. The number of alkyl carbamates (subject to hydrolysis) is 1. The first kappa shape index (κ1) is 24.1. The number of likely N-dealkylation sites (tertiary alicyclic amines) is 1. The van der Waals surface area contributed by atoms with Crippen molar-refractivity contribution in [2.75, 3.05) is 31.2 Å². The zero-order valence-corrected chi connectivity index (χ0v) is 19.9. The molecular formula is C26H30N2O5S. The summed E-state index contributed by atoms with van der Waals surface area (Å²) >= 11 is 1.43. The first-order chi connectivity index (χ1) is 16.5. The topological polar surface area (TPSA) is 95.9 Å². The van der Waals surface area contributed by atoms with Gasteiger partial charge in [0.05, 0.1) is 12.2 Å². The molecule has 1 heterocycles. The van der Waals surface area contributed by atoms with Crippen molar-refractivity contribution in [3.05, 3.63) is 59.7 Å². The molecule has 7 nitrogen and oxygen atoms in total. The van der Waals surface area contributed by atoms with E-state index in [0.717, 1.165) is 19.3 Å². The maximum absolute atomic E-state index is 12.5. The van der Waals surface area contributed by atoms with Gasteiger partial charge in [0.15, 0.2) is 0 Å². The summed E-state index contributed by atoms with van der Waals surface area (Å²) in [6, 6.07) is 16.2. The van der Waals surface area contributed by atoms with Crippen LogP contribution in [-0.4, -0.2) is 65.2 Å². The minimum absolute atomic E-state index is 0.000252. The lowest BCUT2D eigenvalue weighted by atomic mass is 9.98. The summed E-state index contributed by atoms with van der Waals surface area (Å²) in [6.07, 6.45) is 2.15. The number of carbonyl (C=O) groups excluding carboxylic acids is 2. The lowest BCUT2D eigenvalue weighted by Crippen LogP contribution is -2.45. The van der Waals surface area contributed by atoms with E-state index in [0.29, 0.717) is 18.8 Å². The van der Waals surface area contributed by atoms with Crippen molar-refractivity contribution in [1.82, 2.24) is 10.2 Å². The number of rotatable bonds is 9. The summed E-state index contributed by atoms with van der Waals surface area (Å²) in [6.45, 7) is 1.29. The fourth-order valence-electron chi connectivity index (χ4n) is 4.86.